The van der Waals surface area contributed by atoms with Crippen LogP contribution < -0.4 is 0 Å². The number of likely N-dealkylation sites (tertiary alicyclic amines) is 2. The highest BCUT2D eigenvalue weighted by atomic mass is 16.3. The minimum Gasteiger partial charge on any atom is -0.393 e. The molecular formula is C14H24N2O. The standard InChI is InChI=1S/C14H24N2O/c1-9-7-10(17)8-11-12(9)16(4)13-14(11,2)5-6-15(13)3/h10-11,13,17H,5-8H2,1-4H3. The van der Waals surface area contributed by atoms with E-state index in [1.807, 2.05) is 0 Å². The van der Waals surface area contributed by atoms with Crippen molar-refractivity contribution < 1.29 is 5.11 Å². The number of rotatable bonds is 0. The molecule has 0 aromatic carbocycles. The van der Waals surface area contributed by atoms with E-state index in [1.165, 1.54) is 24.2 Å². The molecule has 0 amide bonds. The lowest BCUT2D eigenvalue weighted by atomic mass is 9.70. The number of fused-ring (bicyclic) bond motifs is 3. The van der Waals surface area contributed by atoms with Crippen molar-refractivity contribution in [2.24, 2.45) is 11.3 Å². The van der Waals surface area contributed by atoms with Crippen LogP contribution in [0, 0.1) is 11.3 Å². The number of aliphatic hydroxyl groups is 1. The normalized spacial score (nSPS) is 46.4. The van der Waals surface area contributed by atoms with Gasteiger partial charge in [-0.05, 0) is 33.2 Å². The molecule has 2 aliphatic heterocycles. The van der Waals surface area contributed by atoms with Crippen LogP contribution in [0.4, 0.5) is 0 Å². The van der Waals surface area contributed by atoms with Crippen molar-refractivity contribution in [3.05, 3.63) is 11.3 Å². The first-order valence-corrected chi connectivity index (χ1v) is 6.76. The van der Waals surface area contributed by atoms with E-state index in [-0.39, 0.29) is 6.10 Å². The Morgan fingerprint density at radius 3 is 2.76 bits per heavy atom. The average Bonchev–Trinajstić information content (AvgIpc) is 2.64. The molecule has 0 spiro atoms. The Hall–Kier alpha value is -0.540. The van der Waals surface area contributed by atoms with Gasteiger partial charge >= 0.3 is 0 Å². The highest BCUT2D eigenvalue weighted by molar-refractivity contribution is 5.29. The maximum atomic E-state index is 10.0. The lowest BCUT2D eigenvalue weighted by molar-refractivity contribution is 0.0832. The van der Waals surface area contributed by atoms with Gasteiger partial charge in [0, 0.05) is 30.6 Å². The van der Waals surface area contributed by atoms with Crippen molar-refractivity contribution in [2.75, 3.05) is 20.6 Å². The zero-order valence-corrected chi connectivity index (χ0v) is 11.4. The molecule has 4 atom stereocenters. The summed E-state index contributed by atoms with van der Waals surface area (Å²) in [4.78, 5) is 4.96. The Balaban J connectivity index is 2.07. The van der Waals surface area contributed by atoms with Crippen molar-refractivity contribution in [2.45, 2.75) is 45.4 Å². The van der Waals surface area contributed by atoms with Crippen LogP contribution in [-0.2, 0) is 0 Å². The summed E-state index contributed by atoms with van der Waals surface area (Å²) in [6.07, 6.45) is 3.48. The van der Waals surface area contributed by atoms with Gasteiger partial charge < -0.3 is 10.0 Å². The summed E-state index contributed by atoms with van der Waals surface area (Å²) < 4.78 is 0. The molecule has 3 heteroatoms. The molecule has 2 saturated heterocycles. The van der Waals surface area contributed by atoms with E-state index in [4.69, 9.17) is 0 Å². The van der Waals surface area contributed by atoms with Gasteiger partial charge in [0.1, 0.15) is 0 Å². The van der Waals surface area contributed by atoms with Gasteiger partial charge in [-0.25, -0.2) is 0 Å². The first kappa shape index (κ1) is 11.5. The summed E-state index contributed by atoms with van der Waals surface area (Å²) in [5.74, 6) is 0.561. The van der Waals surface area contributed by atoms with Crippen LogP contribution in [0.5, 0.6) is 0 Å². The first-order chi connectivity index (χ1) is 7.95. The maximum Gasteiger partial charge on any atom is 0.0873 e. The summed E-state index contributed by atoms with van der Waals surface area (Å²) in [6.45, 7) is 5.80. The third kappa shape index (κ3) is 1.36. The topological polar surface area (TPSA) is 26.7 Å². The van der Waals surface area contributed by atoms with Gasteiger partial charge in [0.05, 0.1) is 12.3 Å². The van der Waals surface area contributed by atoms with E-state index in [0.29, 0.717) is 17.5 Å². The van der Waals surface area contributed by atoms with Crippen LogP contribution in [0.25, 0.3) is 0 Å². The fraction of sp³-hybridized carbons (Fsp3) is 0.857. The molecule has 3 aliphatic rings. The van der Waals surface area contributed by atoms with Gasteiger partial charge in [-0.3, -0.25) is 4.90 Å². The van der Waals surface area contributed by atoms with Crippen molar-refractivity contribution in [1.82, 2.24) is 9.80 Å². The zero-order valence-electron chi connectivity index (χ0n) is 11.4. The Bertz CT molecular complexity index is 378. The summed E-state index contributed by atoms with van der Waals surface area (Å²) in [5.41, 5.74) is 3.26. The molecule has 1 N–H and O–H groups in total. The Morgan fingerprint density at radius 1 is 1.35 bits per heavy atom. The van der Waals surface area contributed by atoms with Gasteiger partial charge in [-0.1, -0.05) is 12.5 Å². The largest absolute Gasteiger partial charge is 0.393 e. The molecule has 0 bridgehead atoms. The SMILES string of the molecule is CC1=C2C(CC(O)C1)C1(C)CCN(C)C1N2C. The molecule has 0 aromatic rings. The number of hydrogen-bond acceptors (Lipinski definition) is 3. The van der Waals surface area contributed by atoms with Crippen LogP contribution in [0.3, 0.4) is 0 Å². The van der Waals surface area contributed by atoms with Gasteiger partial charge in [0.15, 0.2) is 0 Å². The Kier molecular flexibility index (Phi) is 2.37. The molecule has 96 valence electrons. The summed E-state index contributed by atoms with van der Waals surface area (Å²) >= 11 is 0. The van der Waals surface area contributed by atoms with Crippen molar-refractivity contribution in [3.8, 4) is 0 Å². The Labute approximate surface area is 104 Å². The first-order valence-electron chi connectivity index (χ1n) is 6.76. The molecule has 2 fully saturated rings. The number of nitrogens with zero attached hydrogens (tertiary/aromatic N) is 2. The molecule has 0 aromatic heterocycles. The molecule has 0 saturated carbocycles. The van der Waals surface area contributed by atoms with Crippen LogP contribution in [0.15, 0.2) is 11.3 Å². The second-order valence-electron chi connectivity index (χ2n) is 6.53. The molecule has 2 heterocycles. The molecule has 3 nitrogen and oxygen atoms in total. The van der Waals surface area contributed by atoms with E-state index in [2.05, 4.69) is 37.7 Å². The zero-order chi connectivity index (χ0) is 12.4. The fourth-order valence-electron chi connectivity index (χ4n) is 4.75. The summed E-state index contributed by atoms with van der Waals surface area (Å²) in [5, 5.41) is 10.0. The van der Waals surface area contributed by atoms with E-state index >= 15 is 0 Å². The minimum absolute atomic E-state index is 0.126. The molecule has 17 heavy (non-hydrogen) atoms. The highest BCUT2D eigenvalue weighted by Gasteiger charge is 2.58. The Morgan fingerprint density at radius 2 is 2.06 bits per heavy atom. The number of allylic oxidation sites excluding steroid dienone is 1. The predicted molar refractivity (Wildman–Crippen MR) is 68.3 cm³/mol. The second kappa shape index (κ2) is 3.48. The van der Waals surface area contributed by atoms with Crippen LogP contribution in [-0.4, -0.2) is 47.8 Å². The third-order valence-corrected chi connectivity index (χ3v) is 5.37. The summed E-state index contributed by atoms with van der Waals surface area (Å²) in [7, 11) is 4.47. The summed E-state index contributed by atoms with van der Waals surface area (Å²) in [6, 6.07) is 0. The fourth-order valence-corrected chi connectivity index (χ4v) is 4.75. The van der Waals surface area contributed by atoms with E-state index in [9.17, 15) is 5.11 Å². The molecular weight excluding hydrogens is 212 g/mol. The van der Waals surface area contributed by atoms with Gasteiger partial charge in [-0.15, -0.1) is 0 Å². The van der Waals surface area contributed by atoms with E-state index < -0.39 is 0 Å². The monoisotopic (exact) mass is 236 g/mol. The van der Waals surface area contributed by atoms with Crippen molar-refractivity contribution >= 4 is 0 Å². The number of hydrogen-bond donors (Lipinski definition) is 1. The number of aliphatic hydroxyl groups excluding tert-OH is 1. The predicted octanol–water partition coefficient (Wildman–Crippen LogP) is 1.64. The quantitative estimate of drug-likeness (QED) is 0.693. The molecule has 1 aliphatic carbocycles. The third-order valence-electron chi connectivity index (χ3n) is 5.37. The van der Waals surface area contributed by atoms with Gasteiger partial charge in [0.25, 0.3) is 0 Å². The second-order valence-corrected chi connectivity index (χ2v) is 6.53. The van der Waals surface area contributed by atoms with Crippen molar-refractivity contribution in [3.63, 3.8) is 0 Å². The maximum absolute atomic E-state index is 10.0. The highest BCUT2D eigenvalue weighted by Crippen LogP contribution is 2.57. The van der Waals surface area contributed by atoms with E-state index in [0.717, 1.165) is 12.8 Å². The minimum atomic E-state index is -0.126. The average molecular weight is 236 g/mol. The lowest BCUT2D eigenvalue weighted by Crippen LogP contribution is -2.41. The van der Waals surface area contributed by atoms with Crippen molar-refractivity contribution in [1.29, 1.82) is 0 Å². The molecule has 0 radical (unpaired) electrons. The van der Waals surface area contributed by atoms with Crippen LogP contribution >= 0.6 is 0 Å². The van der Waals surface area contributed by atoms with E-state index in [1.54, 1.807) is 0 Å². The van der Waals surface area contributed by atoms with Gasteiger partial charge in [0.2, 0.25) is 0 Å². The molecule has 4 unspecified atom stereocenters. The van der Waals surface area contributed by atoms with Crippen LogP contribution in [0.2, 0.25) is 0 Å². The molecule has 3 rings (SSSR count). The van der Waals surface area contributed by atoms with Crippen LogP contribution in [0.1, 0.15) is 33.1 Å². The van der Waals surface area contributed by atoms with Gasteiger partial charge in [-0.2, -0.15) is 0 Å². The smallest absolute Gasteiger partial charge is 0.0873 e. The lowest BCUT2D eigenvalue weighted by Gasteiger charge is -2.34.